The van der Waals surface area contributed by atoms with E-state index in [2.05, 4.69) is 26.5 Å². The van der Waals surface area contributed by atoms with Crippen LogP contribution in [0.2, 0.25) is 5.02 Å². The van der Waals surface area contributed by atoms with Gasteiger partial charge in [0.05, 0.1) is 16.9 Å². The summed E-state index contributed by atoms with van der Waals surface area (Å²) in [5.41, 5.74) is 4.30. The molecule has 4 aromatic rings. The monoisotopic (exact) mass is 592 g/mol. The Hall–Kier alpha value is -4.67. The third-order valence-electron chi connectivity index (χ3n) is 8.13. The number of hydrogen-bond donors (Lipinski definition) is 0. The molecular formula is C35H33ClN4O3. The van der Waals surface area contributed by atoms with Gasteiger partial charge in [-0.15, -0.1) is 0 Å². The number of halogens is 1. The highest BCUT2D eigenvalue weighted by Gasteiger charge is 2.31. The van der Waals surface area contributed by atoms with Gasteiger partial charge in [0.2, 0.25) is 5.91 Å². The summed E-state index contributed by atoms with van der Waals surface area (Å²) >= 11 is 6.98. The van der Waals surface area contributed by atoms with Crippen molar-refractivity contribution in [1.82, 2.24) is 9.47 Å². The number of benzene rings is 3. The molecule has 7 nitrogen and oxygen atoms in total. The van der Waals surface area contributed by atoms with Crippen LogP contribution in [0.5, 0.6) is 0 Å². The van der Waals surface area contributed by atoms with Crippen LogP contribution in [0.25, 0.3) is 27.7 Å². The van der Waals surface area contributed by atoms with Crippen LogP contribution in [0.15, 0.2) is 78.1 Å². The molecule has 0 unspecified atom stereocenters. The predicted molar refractivity (Wildman–Crippen MR) is 172 cm³/mol. The van der Waals surface area contributed by atoms with Gasteiger partial charge in [-0.3, -0.25) is 19.0 Å². The van der Waals surface area contributed by atoms with E-state index in [1.54, 1.807) is 21.6 Å². The largest absolute Gasteiger partial charge is 0.363 e. The Morgan fingerprint density at radius 1 is 1.09 bits per heavy atom. The molecular weight excluding hydrogens is 560 g/mol. The van der Waals surface area contributed by atoms with Crippen molar-refractivity contribution in [1.29, 1.82) is 5.26 Å². The van der Waals surface area contributed by atoms with Crippen LogP contribution < -0.4 is 10.5 Å². The molecule has 43 heavy (non-hydrogen) atoms. The molecule has 1 atom stereocenters. The van der Waals surface area contributed by atoms with Crippen molar-refractivity contribution in [3.05, 3.63) is 105 Å². The standard InChI is InChI=1S/C35H33ClN4O3/c1-6-33(42)38-14-15-39(22(4)20-38)34-28-17-30(36)27(25-11-9-10-24(16-25)23(5)41)18-32(28)40(35(43)29(34)19-37)31-13-8-7-12-26(31)21(2)3/h6-13,16-18,21-22H,1,14-15,20H2,2-5H3/t22-/m0/s1. The summed E-state index contributed by atoms with van der Waals surface area (Å²) in [6, 6.07) is 20.7. The number of amides is 1. The van der Waals surface area contributed by atoms with Crippen LogP contribution >= 0.6 is 11.6 Å². The minimum atomic E-state index is -0.430. The molecule has 1 aliphatic rings. The van der Waals surface area contributed by atoms with Crippen LogP contribution in [-0.4, -0.2) is 46.8 Å². The van der Waals surface area contributed by atoms with E-state index in [1.165, 1.54) is 13.0 Å². The van der Waals surface area contributed by atoms with E-state index in [-0.39, 0.29) is 29.2 Å². The van der Waals surface area contributed by atoms with Crippen molar-refractivity contribution in [3.63, 3.8) is 0 Å². The molecule has 5 rings (SSSR count). The first-order valence-electron chi connectivity index (χ1n) is 14.3. The molecule has 0 bridgehead atoms. The number of anilines is 1. The van der Waals surface area contributed by atoms with Crippen LogP contribution in [0.1, 0.15) is 55.1 Å². The van der Waals surface area contributed by atoms with E-state index in [1.807, 2.05) is 60.4 Å². The van der Waals surface area contributed by atoms with Gasteiger partial charge in [-0.05, 0) is 61.2 Å². The van der Waals surface area contributed by atoms with E-state index >= 15 is 0 Å². The number of nitriles is 1. The van der Waals surface area contributed by atoms with Gasteiger partial charge in [-0.2, -0.15) is 5.26 Å². The molecule has 1 aromatic heterocycles. The first-order valence-corrected chi connectivity index (χ1v) is 14.7. The highest BCUT2D eigenvalue weighted by Crippen LogP contribution is 2.39. The van der Waals surface area contributed by atoms with E-state index in [0.717, 1.165) is 11.1 Å². The van der Waals surface area contributed by atoms with Gasteiger partial charge in [-0.1, -0.05) is 68.4 Å². The Bertz CT molecular complexity index is 1880. The quantitative estimate of drug-likeness (QED) is 0.183. The van der Waals surface area contributed by atoms with Crippen molar-refractivity contribution >= 4 is 39.9 Å². The molecule has 0 saturated carbocycles. The number of carbonyl (C=O) groups is 2. The number of piperazine rings is 1. The Morgan fingerprint density at radius 2 is 1.84 bits per heavy atom. The van der Waals surface area contributed by atoms with Gasteiger partial charge >= 0.3 is 0 Å². The number of hydrogen-bond acceptors (Lipinski definition) is 5. The first kappa shape index (κ1) is 29.8. The second kappa shape index (κ2) is 11.9. The van der Waals surface area contributed by atoms with E-state index in [9.17, 15) is 19.6 Å². The number of para-hydroxylation sites is 1. The summed E-state index contributed by atoms with van der Waals surface area (Å²) in [4.78, 5) is 42.7. The molecule has 0 radical (unpaired) electrons. The van der Waals surface area contributed by atoms with E-state index < -0.39 is 5.56 Å². The van der Waals surface area contributed by atoms with Crippen molar-refractivity contribution < 1.29 is 9.59 Å². The van der Waals surface area contributed by atoms with Crippen molar-refractivity contribution in [2.24, 2.45) is 0 Å². The zero-order chi connectivity index (χ0) is 31.0. The minimum Gasteiger partial charge on any atom is -0.363 e. The lowest BCUT2D eigenvalue weighted by atomic mass is 9.96. The summed E-state index contributed by atoms with van der Waals surface area (Å²) in [7, 11) is 0. The van der Waals surface area contributed by atoms with E-state index in [4.69, 9.17) is 11.6 Å². The maximum atomic E-state index is 14.4. The predicted octanol–water partition coefficient (Wildman–Crippen LogP) is 6.73. The van der Waals surface area contributed by atoms with Crippen molar-refractivity contribution in [2.45, 2.75) is 39.7 Å². The lowest BCUT2D eigenvalue weighted by Crippen LogP contribution is -2.54. The van der Waals surface area contributed by atoms with Crippen molar-refractivity contribution in [3.8, 4) is 22.9 Å². The summed E-state index contributed by atoms with van der Waals surface area (Å²) in [6.07, 6.45) is 1.30. The van der Waals surface area contributed by atoms with Gasteiger partial charge in [-0.25, -0.2) is 0 Å². The van der Waals surface area contributed by atoms with Gasteiger partial charge in [0.1, 0.15) is 11.6 Å². The number of nitrogens with zero attached hydrogens (tertiary/aromatic N) is 4. The fraction of sp³-hybridized carbons (Fsp3) is 0.257. The smallest absolute Gasteiger partial charge is 0.275 e. The molecule has 0 spiro atoms. The molecule has 8 heteroatoms. The Balaban J connectivity index is 1.86. The molecule has 2 heterocycles. The molecule has 3 aromatic carbocycles. The second-order valence-electron chi connectivity index (χ2n) is 11.2. The SMILES string of the molecule is C=CC(=O)N1CCN(c2c(C#N)c(=O)n(-c3ccccc3C(C)C)c3cc(-c4cccc(C(C)=O)c4)c(Cl)cc23)[C@@H](C)C1. The number of carbonyl (C=O) groups excluding carboxylic acids is 2. The third-order valence-corrected chi connectivity index (χ3v) is 8.44. The van der Waals surface area contributed by atoms with Gasteiger partial charge in [0, 0.05) is 47.2 Å². The number of aromatic nitrogens is 1. The number of ketones is 1. The maximum Gasteiger partial charge on any atom is 0.275 e. The molecule has 1 aliphatic heterocycles. The fourth-order valence-electron chi connectivity index (χ4n) is 5.96. The number of fused-ring (bicyclic) bond motifs is 1. The number of rotatable bonds is 6. The Morgan fingerprint density at radius 3 is 2.49 bits per heavy atom. The van der Waals surface area contributed by atoms with Crippen molar-refractivity contribution in [2.75, 3.05) is 24.5 Å². The molecule has 1 amide bonds. The summed E-state index contributed by atoms with van der Waals surface area (Å²) < 4.78 is 1.61. The third kappa shape index (κ3) is 5.35. The summed E-state index contributed by atoms with van der Waals surface area (Å²) in [5, 5.41) is 11.5. The first-order chi connectivity index (χ1) is 20.6. The maximum absolute atomic E-state index is 14.4. The Labute approximate surface area is 256 Å². The fourth-order valence-corrected chi connectivity index (χ4v) is 6.23. The summed E-state index contributed by atoms with van der Waals surface area (Å²) in [6.45, 7) is 12.5. The topological polar surface area (TPSA) is 86.4 Å². The molecule has 0 aliphatic carbocycles. The molecule has 218 valence electrons. The average Bonchev–Trinajstić information content (AvgIpc) is 3.00. The lowest BCUT2D eigenvalue weighted by molar-refractivity contribution is -0.126. The molecule has 1 saturated heterocycles. The minimum absolute atomic E-state index is 0.0174. The van der Waals surface area contributed by atoms with E-state index in [0.29, 0.717) is 58.1 Å². The zero-order valence-electron chi connectivity index (χ0n) is 24.7. The van der Waals surface area contributed by atoms with Crippen LogP contribution in [-0.2, 0) is 4.79 Å². The summed E-state index contributed by atoms with van der Waals surface area (Å²) in [5.74, 6) is -0.110. The van der Waals surface area contributed by atoms with Gasteiger partial charge in [0.15, 0.2) is 5.78 Å². The van der Waals surface area contributed by atoms with Gasteiger partial charge in [0.25, 0.3) is 5.56 Å². The van der Waals surface area contributed by atoms with Crippen LogP contribution in [0.4, 0.5) is 5.69 Å². The highest BCUT2D eigenvalue weighted by molar-refractivity contribution is 6.34. The lowest BCUT2D eigenvalue weighted by Gasteiger charge is -2.41. The zero-order valence-corrected chi connectivity index (χ0v) is 25.5. The van der Waals surface area contributed by atoms with Gasteiger partial charge < -0.3 is 9.80 Å². The molecule has 0 N–H and O–H groups in total. The Kier molecular flexibility index (Phi) is 8.25. The number of pyridine rings is 1. The van der Waals surface area contributed by atoms with Crippen LogP contribution in [0.3, 0.4) is 0 Å². The second-order valence-corrected chi connectivity index (χ2v) is 11.6. The highest BCUT2D eigenvalue weighted by atomic mass is 35.5. The average molecular weight is 593 g/mol. The normalized spacial score (nSPS) is 15.0. The molecule has 1 fully saturated rings. The van der Waals surface area contributed by atoms with Crippen LogP contribution in [0, 0.1) is 11.3 Å². The number of Topliss-reactive ketones (excluding diaryl/α,β-unsaturated/α-hetero) is 1.